The Labute approximate surface area is 126 Å². The molecular weight excluding hydrogens is 262 g/mol. The summed E-state index contributed by atoms with van der Waals surface area (Å²) in [6, 6.07) is 8.70. The lowest BCUT2D eigenvalue weighted by Crippen LogP contribution is -2.37. The van der Waals surface area contributed by atoms with Crippen LogP contribution in [0.25, 0.3) is 11.5 Å². The second-order valence-electron chi connectivity index (χ2n) is 6.25. The number of nitrogens with one attached hydrogen (secondary N) is 1. The number of aromatic nitrogens is 2. The van der Waals surface area contributed by atoms with Gasteiger partial charge in [-0.25, -0.2) is 0 Å². The van der Waals surface area contributed by atoms with Crippen molar-refractivity contribution in [3.63, 3.8) is 0 Å². The molecule has 112 valence electrons. The van der Waals surface area contributed by atoms with Crippen LogP contribution in [-0.2, 0) is 0 Å². The number of benzene rings is 1. The van der Waals surface area contributed by atoms with Crippen LogP contribution >= 0.6 is 0 Å². The average molecular weight is 285 g/mol. The van der Waals surface area contributed by atoms with E-state index in [2.05, 4.69) is 35.4 Å². The maximum Gasteiger partial charge on any atom is 0.260 e. The minimum absolute atomic E-state index is 0.504. The summed E-state index contributed by atoms with van der Waals surface area (Å²) in [5, 5.41) is 7.63. The van der Waals surface area contributed by atoms with Gasteiger partial charge in [0.2, 0.25) is 0 Å². The highest BCUT2D eigenvalue weighted by atomic mass is 16.5. The number of para-hydroxylation sites is 1. The molecule has 1 aromatic carbocycles. The van der Waals surface area contributed by atoms with Crippen molar-refractivity contribution in [3.05, 3.63) is 30.1 Å². The van der Waals surface area contributed by atoms with E-state index >= 15 is 0 Å². The molecule has 4 heteroatoms. The highest BCUT2D eigenvalue weighted by Gasteiger charge is 2.28. The van der Waals surface area contributed by atoms with Crippen LogP contribution in [0.2, 0.25) is 0 Å². The fourth-order valence-corrected chi connectivity index (χ4v) is 3.35. The van der Waals surface area contributed by atoms with Gasteiger partial charge in [-0.05, 0) is 43.7 Å². The zero-order valence-corrected chi connectivity index (χ0v) is 13.0. The van der Waals surface area contributed by atoms with Gasteiger partial charge in [0.25, 0.3) is 5.89 Å². The summed E-state index contributed by atoms with van der Waals surface area (Å²) in [6.07, 6.45) is 3.93. The van der Waals surface area contributed by atoms with Crippen LogP contribution in [0.3, 0.4) is 0 Å². The van der Waals surface area contributed by atoms with E-state index in [0.29, 0.717) is 29.6 Å². The highest BCUT2D eigenvalue weighted by molar-refractivity contribution is 5.72. The lowest BCUT2D eigenvalue weighted by atomic mass is 9.78. The van der Waals surface area contributed by atoms with Crippen LogP contribution in [0.15, 0.2) is 28.8 Å². The van der Waals surface area contributed by atoms with Gasteiger partial charge < -0.3 is 9.84 Å². The largest absolute Gasteiger partial charge is 0.381 e. The molecule has 0 amide bonds. The molecule has 1 heterocycles. The van der Waals surface area contributed by atoms with Crippen molar-refractivity contribution in [3.8, 4) is 11.5 Å². The summed E-state index contributed by atoms with van der Waals surface area (Å²) in [7, 11) is 0. The van der Waals surface area contributed by atoms with Crippen molar-refractivity contribution in [1.29, 1.82) is 0 Å². The maximum absolute atomic E-state index is 5.33. The molecule has 2 atom stereocenters. The SMILES string of the molecule is Cc1noc(-c2ccccc2NC2C(C)CCCC2C)n1. The van der Waals surface area contributed by atoms with E-state index in [1.165, 1.54) is 19.3 Å². The zero-order valence-electron chi connectivity index (χ0n) is 13.0. The van der Waals surface area contributed by atoms with Crippen LogP contribution < -0.4 is 5.32 Å². The molecule has 1 saturated carbocycles. The summed E-state index contributed by atoms with van der Waals surface area (Å²) in [5.41, 5.74) is 2.08. The number of rotatable bonds is 3. The van der Waals surface area contributed by atoms with E-state index in [4.69, 9.17) is 4.52 Å². The number of aryl methyl sites for hydroxylation is 1. The number of hydrogen-bond acceptors (Lipinski definition) is 4. The van der Waals surface area contributed by atoms with Crippen LogP contribution in [-0.4, -0.2) is 16.2 Å². The molecule has 1 aliphatic carbocycles. The molecule has 3 rings (SSSR count). The van der Waals surface area contributed by atoms with Crippen molar-refractivity contribution in [2.24, 2.45) is 11.8 Å². The van der Waals surface area contributed by atoms with Gasteiger partial charge >= 0.3 is 0 Å². The summed E-state index contributed by atoms with van der Waals surface area (Å²) < 4.78 is 5.33. The second-order valence-corrected chi connectivity index (χ2v) is 6.25. The Kier molecular flexibility index (Phi) is 3.95. The van der Waals surface area contributed by atoms with Crippen molar-refractivity contribution >= 4 is 5.69 Å². The van der Waals surface area contributed by atoms with Gasteiger partial charge in [0, 0.05) is 11.7 Å². The topological polar surface area (TPSA) is 51.0 Å². The lowest BCUT2D eigenvalue weighted by molar-refractivity contribution is 0.268. The molecule has 2 unspecified atom stereocenters. The average Bonchev–Trinajstić information content (AvgIpc) is 2.90. The smallest absolute Gasteiger partial charge is 0.260 e. The Morgan fingerprint density at radius 2 is 1.86 bits per heavy atom. The normalized spacial score (nSPS) is 25.8. The molecule has 1 N–H and O–H groups in total. The van der Waals surface area contributed by atoms with Gasteiger partial charge in [0.15, 0.2) is 5.82 Å². The standard InChI is InChI=1S/C17H23N3O/c1-11-7-6-8-12(2)16(11)19-15-10-5-4-9-14(15)17-18-13(3)20-21-17/h4-5,9-12,16,19H,6-8H2,1-3H3. The first-order valence-electron chi connectivity index (χ1n) is 7.81. The summed E-state index contributed by atoms with van der Waals surface area (Å²) in [5.74, 6) is 2.63. The molecule has 1 aromatic heterocycles. The summed E-state index contributed by atoms with van der Waals surface area (Å²) in [6.45, 7) is 6.52. The fourth-order valence-electron chi connectivity index (χ4n) is 3.35. The molecule has 2 aromatic rings. The van der Waals surface area contributed by atoms with Crippen LogP contribution in [0, 0.1) is 18.8 Å². The van der Waals surface area contributed by atoms with E-state index in [-0.39, 0.29) is 0 Å². The monoisotopic (exact) mass is 285 g/mol. The van der Waals surface area contributed by atoms with Crippen molar-refractivity contribution in [2.75, 3.05) is 5.32 Å². The Morgan fingerprint density at radius 3 is 2.52 bits per heavy atom. The number of anilines is 1. The van der Waals surface area contributed by atoms with Gasteiger partial charge in [-0.1, -0.05) is 37.6 Å². The fraction of sp³-hybridized carbons (Fsp3) is 0.529. The molecule has 1 fully saturated rings. The van der Waals surface area contributed by atoms with Crippen LogP contribution in [0.1, 0.15) is 38.9 Å². The molecule has 21 heavy (non-hydrogen) atoms. The predicted octanol–water partition coefficient (Wildman–Crippen LogP) is 4.28. The minimum atomic E-state index is 0.504. The van der Waals surface area contributed by atoms with Gasteiger partial charge in [0.05, 0.1) is 5.56 Å². The third-order valence-corrected chi connectivity index (χ3v) is 4.55. The molecule has 1 aliphatic rings. The molecule has 0 spiro atoms. The van der Waals surface area contributed by atoms with E-state index in [9.17, 15) is 0 Å². The lowest BCUT2D eigenvalue weighted by Gasteiger charge is -2.36. The summed E-state index contributed by atoms with van der Waals surface area (Å²) >= 11 is 0. The predicted molar refractivity (Wildman–Crippen MR) is 84.1 cm³/mol. The number of nitrogens with zero attached hydrogens (tertiary/aromatic N) is 2. The Balaban J connectivity index is 1.88. The van der Waals surface area contributed by atoms with Crippen molar-refractivity contribution in [2.45, 2.75) is 46.1 Å². The highest BCUT2D eigenvalue weighted by Crippen LogP contribution is 2.34. The minimum Gasteiger partial charge on any atom is -0.381 e. The van der Waals surface area contributed by atoms with Crippen LogP contribution in [0.4, 0.5) is 5.69 Å². The van der Waals surface area contributed by atoms with Gasteiger partial charge in [-0.3, -0.25) is 0 Å². The molecule has 0 radical (unpaired) electrons. The second kappa shape index (κ2) is 5.88. The van der Waals surface area contributed by atoms with E-state index in [1.54, 1.807) is 0 Å². The maximum atomic E-state index is 5.33. The van der Waals surface area contributed by atoms with Gasteiger partial charge in [-0.15, -0.1) is 0 Å². The molecular formula is C17H23N3O. The number of hydrogen-bond donors (Lipinski definition) is 1. The molecule has 0 bridgehead atoms. The third-order valence-electron chi connectivity index (χ3n) is 4.55. The van der Waals surface area contributed by atoms with Gasteiger partial charge in [0.1, 0.15) is 0 Å². The Hall–Kier alpha value is -1.84. The zero-order chi connectivity index (χ0) is 14.8. The van der Waals surface area contributed by atoms with E-state index < -0.39 is 0 Å². The van der Waals surface area contributed by atoms with E-state index in [0.717, 1.165) is 11.3 Å². The third kappa shape index (κ3) is 2.94. The molecule has 4 nitrogen and oxygen atoms in total. The first-order valence-corrected chi connectivity index (χ1v) is 7.81. The first kappa shape index (κ1) is 14.1. The molecule has 0 saturated heterocycles. The summed E-state index contributed by atoms with van der Waals surface area (Å²) in [4.78, 5) is 4.35. The van der Waals surface area contributed by atoms with Crippen LogP contribution in [0.5, 0.6) is 0 Å². The Bertz CT molecular complexity index is 598. The quantitative estimate of drug-likeness (QED) is 0.914. The van der Waals surface area contributed by atoms with Gasteiger partial charge in [-0.2, -0.15) is 4.98 Å². The van der Waals surface area contributed by atoms with Crippen molar-refractivity contribution < 1.29 is 4.52 Å². The molecule has 0 aliphatic heterocycles. The van der Waals surface area contributed by atoms with E-state index in [1.807, 2.05) is 25.1 Å². The Morgan fingerprint density at radius 1 is 1.14 bits per heavy atom. The van der Waals surface area contributed by atoms with Crippen molar-refractivity contribution in [1.82, 2.24) is 10.1 Å². The first-order chi connectivity index (χ1) is 10.1.